The average molecular weight is 340 g/mol. The van der Waals surface area contributed by atoms with Crippen molar-refractivity contribution in [3.8, 4) is 0 Å². The van der Waals surface area contributed by atoms with Crippen LogP contribution in [-0.2, 0) is 0 Å². The molecule has 2 N–H and O–H groups in total. The lowest BCUT2D eigenvalue weighted by Crippen LogP contribution is -2.12. The molecule has 5 heteroatoms. The Morgan fingerprint density at radius 1 is 0.846 bits per heavy atom. The third-order valence-corrected chi connectivity index (χ3v) is 3.94. The lowest BCUT2D eigenvalue weighted by molar-refractivity contribution is 0.102. The smallest absolute Gasteiger partial charge is 0.257 e. The van der Waals surface area contributed by atoms with E-state index in [-0.39, 0.29) is 5.91 Å². The fourth-order valence-corrected chi connectivity index (χ4v) is 2.72. The van der Waals surface area contributed by atoms with E-state index >= 15 is 0 Å². The number of nitrogens with zero attached hydrogens (tertiary/aromatic N) is 2. The molecule has 4 aromatic rings. The second-order valence-electron chi connectivity index (χ2n) is 5.79. The SMILES string of the molecule is O=C(Nc1ccccc1)c1cncc(Nc2cccc3cccnc23)c1. The van der Waals surface area contributed by atoms with Crippen LogP contribution >= 0.6 is 0 Å². The molecule has 1 amide bonds. The highest BCUT2D eigenvalue weighted by Gasteiger charge is 2.09. The molecule has 0 fully saturated rings. The van der Waals surface area contributed by atoms with Gasteiger partial charge in [-0.1, -0.05) is 36.4 Å². The minimum atomic E-state index is -0.205. The van der Waals surface area contributed by atoms with Gasteiger partial charge in [0.25, 0.3) is 5.91 Å². The van der Waals surface area contributed by atoms with Gasteiger partial charge in [-0.2, -0.15) is 0 Å². The maximum Gasteiger partial charge on any atom is 0.257 e. The van der Waals surface area contributed by atoms with Gasteiger partial charge in [-0.3, -0.25) is 14.8 Å². The number of amides is 1. The van der Waals surface area contributed by atoms with Gasteiger partial charge in [0.1, 0.15) is 0 Å². The number of hydrogen-bond acceptors (Lipinski definition) is 4. The van der Waals surface area contributed by atoms with Gasteiger partial charge in [0.2, 0.25) is 0 Å². The van der Waals surface area contributed by atoms with Crippen LogP contribution in [0.5, 0.6) is 0 Å². The van der Waals surface area contributed by atoms with Gasteiger partial charge in [-0.05, 0) is 30.3 Å². The van der Waals surface area contributed by atoms with Crippen LogP contribution in [0.15, 0.2) is 85.3 Å². The summed E-state index contributed by atoms with van der Waals surface area (Å²) in [6.45, 7) is 0. The number of aromatic nitrogens is 2. The van der Waals surface area contributed by atoms with E-state index < -0.39 is 0 Å². The van der Waals surface area contributed by atoms with Crippen LogP contribution in [0.4, 0.5) is 17.1 Å². The number of carbonyl (C=O) groups is 1. The lowest BCUT2D eigenvalue weighted by Gasteiger charge is -2.10. The fraction of sp³-hybridized carbons (Fsp3) is 0. The Morgan fingerprint density at radius 2 is 1.69 bits per heavy atom. The molecule has 0 saturated heterocycles. The number of pyridine rings is 2. The molecule has 0 radical (unpaired) electrons. The molecular weight excluding hydrogens is 324 g/mol. The zero-order valence-electron chi connectivity index (χ0n) is 13.9. The summed E-state index contributed by atoms with van der Waals surface area (Å²) >= 11 is 0. The number of rotatable bonds is 4. The first kappa shape index (κ1) is 15.8. The Kier molecular flexibility index (Phi) is 4.26. The van der Waals surface area contributed by atoms with E-state index in [0.29, 0.717) is 5.56 Å². The first-order valence-electron chi connectivity index (χ1n) is 8.22. The zero-order chi connectivity index (χ0) is 17.8. The molecule has 0 aliphatic heterocycles. The largest absolute Gasteiger partial charge is 0.352 e. The Balaban J connectivity index is 1.58. The number of benzene rings is 2. The first-order chi connectivity index (χ1) is 12.8. The summed E-state index contributed by atoms with van der Waals surface area (Å²) in [5, 5.41) is 7.21. The van der Waals surface area contributed by atoms with Crippen LogP contribution in [0.3, 0.4) is 0 Å². The quantitative estimate of drug-likeness (QED) is 0.568. The summed E-state index contributed by atoms with van der Waals surface area (Å²) in [6.07, 6.45) is 4.99. The predicted molar refractivity (Wildman–Crippen MR) is 104 cm³/mol. The Hall–Kier alpha value is -3.73. The predicted octanol–water partition coefficient (Wildman–Crippen LogP) is 4.63. The molecule has 26 heavy (non-hydrogen) atoms. The van der Waals surface area contributed by atoms with Gasteiger partial charge in [0, 0.05) is 23.5 Å². The molecule has 0 unspecified atom stereocenters. The maximum absolute atomic E-state index is 12.4. The van der Waals surface area contributed by atoms with Gasteiger partial charge >= 0.3 is 0 Å². The average Bonchev–Trinajstić information content (AvgIpc) is 2.69. The van der Waals surface area contributed by atoms with Crippen molar-refractivity contribution in [3.05, 3.63) is 90.9 Å². The Morgan fingerprint density at radius 3 is 2.58 bits per heavy atom. The number of fused-ring (bicyclic) bond motifs is 1. The van der Waals surface area contributed by atoms with Crippen LogP contribution in [0.2, 0.25) is 0 Å². The molecule has 0 saturated carbocycles. The van der Waals surface area contributed by atoms with Crippen LogP contribution in [0.25, 0.3) is 10.9 Å². The molecule has 126 valence electrons. The van der Waals surface area contributed by atoms with E-state index in [1.165, 1.54) is 0 Å². The molecule has 0 atom stereocenters. The summed E-state index contributed by atoms with van der Waals surface area (Å²) in [5.41, 5.74) is 3.68. The summed E-state index contributed by atoms with van der Waals surface area (Å²) in [5.74, 6) is -0.205. The second kappa shape index (κ2) is 7.03. The molecule has 0 aliphatic rings. The van der Waals surface area contributed by atoms with Gasteiger partial charge in [0.05, 0.1) is 28.7 Å². The highest BCUT2D eigenvalue weighted by Crippen LogP contribution is 2.24. The molecule has 0 aliphatic carbocycles. The van der Waals surface area contributed by atoms with Crippen molar-refractivity contribution >= 4 is 33.9 Å². The van der Waals surface area contributed by atoms with Crippen LogP contribution in [0.1, 0.15) is 10.4 Å². The monoisotopic (exact) mass is 340 g/mol. The van der Waals surface area contributed by atoms with E-state index in [4.69, 9.17) is 0 Å². The van der Waals surface area contributed by atoms with Crippen molar-refractivity contribution < 1.29 is 4.79 Å². The van der Waals surface area contributed by atoms with E-state index in [0.717, 1.165) is 28.0 Å². The summed E-state index contributed by atoms with van der Waals surface area (Å²) < 4.78 is 0. The van der Waals surface area contributed by atoms with Crippen molar-refractivity contribution in [1.82, 2.24) is 9.97 Å². The normalized spacial score (nSPS) is 10.5. The van der Waals surface area contributed by atoms with Crippen LogP contribution < -0.4 is 10.6 Å². The number of hydrogen-bond donors (Lipinski definition) is 2. The highest BCUT2D eigenvalue weighted by atomic mass is 16.1. The van der Waals surface area contributed by atoms with Crippen molar-refractivity contribution in [2.75, 3.05) is 10.6 Å². The third-order valence-electron chi connectivity index (χ3n) is 3.94. The summed E-state index contributed by atoms with van der Waals surface area (Å²) in [4.78, 5) is 21.0. The van der Waals surface area contributed by atoms with E-state index in [1.807, 2.05) is 60.7 Å². The summed E-state index contributed by atoms with van der Waals surface area (Å²) in [7, 11) is 0. The number of nitrogens with one attached hydrogen (secondary N) is 2. The maximum atomic E-state index is 12.4. The van der Waals surface area contributed by atoms with Gasteiger partial charge in [-0.15, -0.1) is 0 Å². The number of anilines is 3. The molecular formula is C21H16N4O. The second-order valence-corrected chi connectivity index (χ2v) is 5.79. The molecule has 0 bridgehead atoms. The molecule has 0 spiro atoms. The van der Waals surface area contributed by atoms with E-state index in [1.54, 1.807) is 24.7 Å². The van der Waals surface area contributed by atoms with Crippen molar-refractivity contribution in [2.45, 2.75) is 0 Å². The lowest BCUT2D eigenvalue weighted by atomic mass is 10.2. The Labute approximate surface area is 150 Å². The van der Waals surface area contributed by atoms with Gasteiger partial charge < -0.3 is 10.6 Å². The van der Waals surface area contributed by atoms with Crippen molar-refractivity contribution in [3.63, 3.8) is 0 Å². The van der Waals surface area contributed by atoms with E-state index in [9.17, 15) is 4.79 Å². The van der Waals surface area contributed by atoms with E-state index in [2.05, 4.69) is 20.6 Å². The van der Waals surface area contributed by atoms with Crippen LogP contribution in [-0.4, -0.2) is 15.9 Å². The van der Waals surface area contributed by atoms with Gasteiger partial charge in [0.15, 0.2) is 0 Å². The number of carbonyl (C=O) groups excluding carboxylic acids is 1. The molecule has 2 aromatic heterocycles. The molecule has 2 heterocycles. The highest BCUT2D eigenvalue weighted by molar-refractivity contribution is 6.04. The van der Waals surface area contributed by atoms with Crippen molar-refractivity contribution in [1.29, 1.82) is 0 Å². The summed E-state index contributed by atoms with van der Waals surface area (Å²) in [6, 6.07) is 20.9. The molecule has 5 nitrogen and oxygen atoms in total. The fourth-order valence-electron chi connectivity index (χ4n) is 2.72. The number of para-hydroxylation sites is 2. The van der Waals surface area contributed by atoms with Crippen molar-refractivity contribution in [2.24, 2.45) is 0 Å². The topological polar surface area (TPSA) is 66.9 Å². The van der Waals surface area contributed by atoms with Gasteiger partial charge in [-0.25, -0.2) is 0 Å². The van der Waals surface area contributed by atoms with Crippen LogP contribution in [0, 0.1) is 0 Å². The molecule has 4 rings (SSSR count). The minimum Gasteiger partial charge on any atom is -0.352 e. The zero-order valence-corrected chi connectivity index (χ0v) is 13.9. The Bertz CT molecular complexity index is 1060. The minimum absolute atomic E-state index is 0.205. The molecule has 2 aromatic carbocycles. The first-order valence-corrected chi connectivity index (χ1v) is 8.22. The standard InChI is InChI=1S/C21H16N4O/c26-21(25-17-8-2-1-3-9-17)16-12-18(14-22-13-16)24-19-10-4-6-15-7-5-11-23-20(15)19/h1-14,24H,(H,25,26). The third kappa shape index (κ3) is 3.37.